The minimum atomic E-state index is -3.78. The Morgan fingerprint density at radius 1 is 1.21 bits per heavy atom. The molecule has 1 aliphatic rings. The monoisotopic (exact) mass is 429 g/mol. The summed E-state index contributed by atoms with van der Waals surface area (Å²) in [7, 11) is -0.783. The highest BCUT2D eigenvalue weighted by Gasteiger charge is 2.30. The number of sulfone groups is 1. The highest BCUT2D eigenvalue weighted by atomic mass is 35.5. The van der Waals surface area contributed by atoms with Gasteiger partial charge in [0, 0.05) is 38.8 Å². The summed E-state index contributed by atoms with van der Waals surface area (Å²) in [5.41, 5.74) is -0.490. The molecule has 1 aromatic rings. The van der Waals surface area contributed by atoms with Gasteiger partial charge in [0.2, 0.25) is 0 Å². The Bertz CT molecular complexity index is 962. The fraction of sp³-hybridized carbons (Fsp3) is 0.389. The molecule has 0 heterocycles. The molecule has 0 spiro atoms. The lowest BCUT2D eigenvalue weighted by Gasteiger charge is -2.18. The van der Waals surface area contributed by atoms with E-state index >= 15 is 0 Å². The molecule has 0 atom stereocenters. The van der Waals surface area contributed by atoms with Crippen LogP contribution in [0.4, 0.5) is 0 Å². The van der Waals surface area contributed by atoms with Gasteiger partial charge < -0.3 is 14.7 Å². The van der Waals surface area contributed by atoms with Gasteiger partial charge in [-0.3, -0.25) is 14.4 Å². The molecule has 0 radical (unpaired) electrons. The van der Waals surface area contributed by atoms with Crippen molar-refractivity contribution >= 4 is 44.7 Å². The van der Waals surface area contributed by atoms with E-state index in [1.807, 2.05) is 0 Å². The predicted molar refractivity (Wildman–Crippen MR) is 102 cm³/mol. The van der Waals surface area contributed by atoms with Crippen LogP contribution in [0.2, 0.25) is 5.02 Å². The van der Waals surface area contributed by atoms with Gasteiger partial charge in [-0.05, 0) is 18.6 Å². The summed E-state index contributed by atoms with van der Waals surface area (Å²) in [5.74, 6) is -2.44. The van der Waals surface area contributed by atoms with E-state index in [4.69, 9.17) is 16.3 Å². The average Bonchev–Trinajstić information content (AvgIpc) is 2.58. The molecule has 2 rings (SSSR count). The number of hydrogen-bond donors (Lipinski definition) is 1. The van der Waals surface area contributed by atoms with Crippen molar-refractivity contribution in [1.82, 2.24) is 4.90 Å². The van der Waals surface area contributed by atoms with E-state index in [2.05, 4.69) is 0 Å². The molecule has 8 nitrogen and oxygen atoms in total. The molecule has 0 unspecified atom stereocenters. The van der Waals surface area contributed by atoms with Crippen molar-refractivity contribution in [2.75, 3.05) is 27.0 Å². The van der Waals surface area contributed by atoms with Gasteiger partial charge in [0.15, 0.2) is 33.8 Å². The number of nitrogens with zero attached hydrogens (tertiary/aromatic N) is 1. The number of aliphatic hydroxyl groups excluding tert-OH is 1. The fourth-order valence-corrected chi connectivity index (χ4v) is 3.80. The van der Waals surface area contributed by atoms with Gasteiger partial charge >= 0.3 is 0 Å². The second kappa shape index (κ2) is 8.32. The normalized spacial score (nSPS) is 14.8. The average molecular weight is 430 g/mol. The quantitative estimate of drug-likeness (QED) is 0.430. The van der Waals surface area contributed by atoms with Crippen LogP contribution in [0.1, 0.15) is 24.8 Å². The van der Waals surface area contributed by atoms with Crippen LogP contribution in [0.5, 0.6) is 5.75 Å². The summed E-state index contributed by atoms with van der Waals surface area (Å²) < 4.78 is 29.5. The molecule has 1 N–H and O–H groups in total. The minimum Gasteiger partial charge on any atom is -0.506 e. The number of Topliss-reactive ketones (excluding diaryl/α,β-unsaturated/α-hetero) is 2. The third-order valence-electron chi connectivity index (χ3n) is 4.16. The molecule has 1 fully saturated rings. The summed E-state index contributed by atoms with van der Waals surface area (Å²) >= 11 is 6.26. The van der Waals surface area contributed by atoms with Crippen LogP contribution >= 0.6 is 11.6 Å². The van der Waals surface area contributed by atoms with Crippen molar-refractivity contribution in [1.29, 1.82) is 0 Å². The molecule has 0 bridgehead atoms. The van der Waals surface area contributed by atoms with Gasteiger partial charge in [-0.25, -0.2) is 8.42 Å². The van der Waals surface area contributed by atoms with E-state index in [0.717, 1.165) is 12.3 Å². The Morgan fingerprint density at radius 2 is 1.79 bits per heavy atom. The van der Waals surface area contributed by atoms with Crippen molar-refractivity contribution in [3.63, 3.8) is 0 Å². The lowest BCUT2D eigenvalue weighted by molar-refractivity contribution is -0.131. The van der Waals surface area contributed by atoms with Crippen LogP contribution in [-0.2, 0) is 24.2 Å². The zero-order valence-corrected chi connectivity index (χ0v) is 17.2. The maximum Gasteiger partial charge on any atom is 0.259 e. The van der Waals surface area contributed by atoms with E-state index in [-0.39, 0.29) is 39.6 Å². The summed E-state index contributed by atoms with van der Waals surface area (Å²) in [6.07, 6.45) is 1.57. The third-order valence-corrected chi connectivity index (χ3v) is 5.65. The summed E-state index contributed by atoms with van der Waals surface area (Å²) in [4.78, 5) is 36.9. The second-order valence-corrected chi connectivity index (χ2v) is 8.89. The van der Waals surface area contributed by atoms with E-state index < -0.39 is 39.7 Å². The highest BCUT2D eigenvalue weighted by molar-refractivity contribution is 7.90. The smallest absolute Gasteiger partial charge is 0.259 e. The summed E-state index contributed by atoms with van der Waals surface area (Å²) in [5, 5.41) is 10.2. The number of benzene rings is 1. The SMILES string of the molecule is CN(C)C(=O)COc1c(S(C)(=O)=O)ccc(C(O)=C2C(=O)CCCC2=O)c1Cl. The number of hydrogen-bond acceptors (Lipinski definition) is 7. The number of halogens is 1. The van der Waals surface area contributed by atoms with Crippen LogP contribution in [0, 0.1) is 0 Å². The van der Waals surface area contributed by atoms with Gasteiger partial charge in [0.1, 0.15) is 16.2 Å². The maximum absolute atomic E-state index is 12.1. The first-order valence-electron chi connectivity index (χ1n) is 8.30. The minimum absolute atomic E-state index is 0.116. The Morgan fingerprint density at radius 3 is 2.29 bits per heavy atom. The predicted octanol–water partition coefficient (Wildman–Crippen LogP) is 1.80. The van der Waals surface area contributed by atoms with Crippen LogP contribution in [0.25, 0.3) is 5.76 Å². The number of allylic oxidation sites excluding steroid dienone is 1. The zero-order chi connectivity index (χ0) is 21.2. The van der Waals surface area contributed by atoms with Crippen LogP contribution in [0.15, 0.2) is 22.6 Å². The standard InChI is InChI=1S/C18H20ClNO7S/c1-20(2)14(23)9-27-18-13(28(3,25)26)8-7-10(16(18)19)17(24)15-11(21)5-4-6-12(15)22/h7-8,24H,4-6,9H2,1-3H3. The van der Waals surface area contributed by atoms with Gasteiger partial charge in [-0.1, -0.05) is 11.6 Å². The van der Waals surface area contributed by atoms with Crippen molar-refractivity contribution in [3.8, 4) is 5.75 Å². The molecule has 0 aromatic heterocycles. The molecule has 10 heteroatoms. The van der Waals surface area contributed by atoms with Crippen molar-refractivity contribution in [3.05, 3.63) is 28.3 Å². The first-order chi connectivity index (χ1) is 12.9. The number of rotatable bonds is 5. The van der Waals surface area contributed by atoms with Crippen LogP contribution < -0.4 is 4.74 Å². The number of likely N-dealkylation sites (N-methyl/N-ethyl adjacent to an activating group) is 1. The topological polar surface area (TPSA) is 118 Å². The van der Waals surface area contributed by atoms with E-state index in [1.165, 1.54) is 25.1 Å². The largest absolute Gasteiger partial charge is 0.506 e. The molecular formula is C18H20ClNO7S. The Hall–Kier alpha value is -2.39. The molecule has 1 aromatic carbocycles. The Labute approximate surface area is 167 Å². The molecule has 0 aliphatic heterocycles. The number of carbonyl (C=O) groups excluding carboxylic acids is 3. The van der Waals surface area contributed by atoms with E-state index in [1.54, 1.807) is 0 Å². The van der Waals surface area contributed by atoms with E-state index in [9.17, 15) is 27.9 Å². The zero-order valence-electron chi connectivity index (χ0n) is 15.6. The summed E-state index contributed by atoms with van der Waals surface area (Å²) in [6, 6.07) is 2.33. The lowest BCUT2D eigenvalue weighted by Crippen LogP contribution is -2.28. The first-order valence-corrected chi connectivity index (χ1v) is 10.6. The molecular weight excluding hydrogens is 410 g/mol. The molecule has 152 valence electrons. The fourth-order valence-electron chi connectivity index (χ4n) is 2.62. The number of ketones is 2. The molecule has 1 saturated carbocycles. The summed E-state index contributed by atoms with van der Waals surface area (Å²) in [6.45, 7) is -0.492. The first kappa shape index (κ1) is 21.9. The lowest BCUT2D eigenvalue weighted by atomic mass is 9.90. The molecule has 1 amide bonds. The highest BCUT2D eigenvalue weighted by Crippen LogP contribution is 2.39. The number of ether oxygens (including phenoxy) is 1. The van der Waals surface area contributed by atoms with Crippen molar-refractivity contribution in [2.45, 2.75) is 24.2 Å². The Balaban J connectivity index is 2.62. The Kier molecular flexibility index (Phi) is 6.51. The number of aliphatic hydroxyl groups is 1. The molecule has 1 aliphatic carbocycles. The van der Waals surface area contributed by atoms with Crippen molar-refractivity contribution < 1.29 is 32.6 Å². The van der Waals surface area contributed by atoms with Gasteiger partial charge in [0.05, 0.1) is 5.02 Å². The van der Waals surface area contributed by atoms with Gasteiger partial charge in [0.25, 0.3) is 5.91 Å². The third kappa shape index (κ3) is 4.53. The molecule has 28 heavy (non-hydrogen) atoms. The van der Waals surface area contributed by atoms with Crippen LogP contribution in [0.3, 0.4) is 0 Å². The maximum atomic E-state index is 12.1. The van der Waals surface area contributed by atoms with E-state index in [0.29, 0.717) is 6.42 Å². The second-order valence-electron chi connectivity index (χ2n) is 6.53. The number of amides is 1. The van der Waals surface area contributed by atoms with Crippen LogP contribution in [-0.4, -0.2) is 62.9 Å². The van der Waals surface area contributed by atoms with Gasteiger partial charge in [-0.15, -0.1) is 0 Å². The van der Waals surface area contributed by atoms with Crippen molar-refractivity contribution in [2.24, 2.45) is 0 Å². The molecule has 0 saturated heterocycles. The van der Waals surface area contributed by atoms with Gasteiger partial charge in [-0.2, -0.15) is 0 Å². The number of carbonyl (C=O) groups is 3.